The molecule has 0 unspecified atom stereocenters. The molecule has 0 aliphatic heterocycles. The minimum absolute atomic E-state index is 0.0279. The van der Waals surface area contributed by atoms with E-state index in [9.17, 15) is 5.11 Å². The zero-order valence-corrected chi connectivity index (χ0v) is 10.0. The summed E-state index contributed by atoms with van der Waals surface area (Å²) < 4.78 is 10.5. The van der Waals surface area contributed by atoms with Gasteiger partial charge in [0, 0.05) is 19.8 Å². The Morgan fingerprint density at radius 3 is 2.41 bits per heavy atom. The van der Waals surface area contributed by atoms with Crippen molar-refractivity contribution >= 4 is 10.8 Å². The van der Waals surface area contributed by atoms with Crippen molar-refractivity contribution in [2.24, 2.45) is 0 Å². The zero-order valence-electron chi connectivity index (χ0n) is 10.0. The molecule has 0 saturated carbocycles. The minimum atomic E-state index is -0.443. The van der Waals surface area contributed by atoms with Crippen molar-refractivity contribution in [3.8, 4) is 0 Å². The topological polar surface area (TPSA) is 38.7 Å². The molecule has 17 heavy (non-hydrogen) atoms. The van der Waals surface area contributed by atoms with Crippen molar-refractivity contribution in [3.63, 3.8) is 0 Å². The molecule has 0 heterocycles. The van der Waals surface area contributed by atoms with E-state index in [1.807, 2.05) is 36.4 Å². The fraction of sp³-hybridized carbons (Fsp3) is 0.286. The van der Waals surface area contributed by atoms with Crippen LogP contribution in [0.2, 0.25) is 0 Å². The second-order valence-corrected chi connectivity index (χ2v) is 3.82. The lowest BCUT2D eigenvalue weighted by atomic mass is 9.99. The summed E-state index contributed by atoms with van der Waals surface area (Å²) >= 11 is 0. The van der Waals surface area contributed by atoms with Crippen molar-refractivity contribution in [3.05, 3.63) is 47.5 Å². The molecule has 0 saturated heterocycles. The summed E-state index contributed by atoms with van der Waals surface area (Å²) in [5.74, 6) is 0. The number of hydrogen-bond donors (Lipinski definition) is 1. The van der Waals surface area contributed by atoms with Gasteiger partial charge in [0.2, 0.25) is 0 Å². The number of rotatable bonds is 4. The molecule has 3 heteroatoms. The number of hydrogen-bond acceptors (Lipinski definition) is 3. The first kappa shape index (κ1) is 12.0. The highest BCUT2D eigenvalue weighted by Crippen LogP contribution is 2.28. The molecule has 2 aromatic carbocycles. The Labute approximate surface area is 101 Å². The van der Waals surface area contributed by atoms with Crippen LogP contribution in [0.25, 0.3) is 10.8 Å². The summed E-state index contributed by atoms with van der Waals surface area (Å²) in [5.41, 5.74) is 1.73. The lowest BCUT2D eigenvalue weighted by Gasteiger charge is -2.18. The zero-order chi connectivity index (χ0) is 12.3. The molecule has 0 radical (unpaired) electrons. The van der Waals surface area contributed by atoms with E-state index in [0.29, 0.717) is 0 Å². The summed E-state index contributed by atoms with van der Waals surface area (Å²) in [6.45, 7) is -0.0279. The number of aliphatic hydroxyl groups is 1. The van der Waals surface area contributed by atoms with Gasteiger partial charge in [-0.15, -0.1) is 0 Å². The summed E-state index contributed by atoms with van der Waals surface area (Å²) in [6.07, 6.45) is -0.443. The molecule has 2 aromatic rings. The SMILES string of the molecule is COC(OC)c1ccc2ccccc2c1CO. The van der Waals surface area contributed by atoms with Gasteiger partial charge in [-0.2, -0.15) is 0 Å². The Balaban J connectivity index is 2.64. The summed E-state index contributed by atoms with van der Waals surface area (Å²) in [6, 6.07) is 11.9. The van der Waals surface area contributed by atoms with Crippen LogP contribution in [0, 0.1) is 0 Å². The fourth-order valence-electron chi connectivity index (χ4n) is 2.10. The molecule has 0 fully saturated rings. The van der Waals surface area contributed by atoms with Gasteiger partial charge < -0.3 is 14.6 Å². The van der Waals surface area contributed by atoms with Crippen LogP contribution in [-0.2, 0) is 16.1 Å². The lowest BCUT2D eigenvalue weighted by Crippen LogP contribution is -2.07. The monoisotopic (exact) mass is 232 g/mol. The van der Waals surface area contributed by atoms with E-state index in [1.165, 1.54) is 0 Å². The molecular weight excluding hydrogens is 216 g/mol. The molecule has 0 amide bonds. The van der Waals surface area contributed by atoms with E-state index in [4.69, 9.17) is 9.47 Å². The Morgan fingerprint density at radius 1 is 1.06 bits per heavy atom. The standard InChI is InChI=1S/C14H16O3/c1-16-14(17-2)12-8-7-10-5-3-4-6-11(10)13(12)9-15/h3-8,14-15H,9H2,1-2H3. The first-order valence-corrected chi connectivity index (χ1v) is 5.48. The number of methoxy groups -OCH3 is 2. The molecule has 3 nitrogen and oxygen atoms in total. The van der Waals surface area contributed by atoms with E-state index in [0.717, 1.165) is 21.9 Å². The maximum absolute atomic E-state index is 9.55. The lowest BCUT2D eigenvalue weighted by molar-refractivity contribution is -0.106. The van der Waals surface area contributed by atoms with Crippen LogP contribution in [0.1, 0.15) is 17.4 Å². The summed E-state index contributed by atoms with van der Waals surface area (Å²) in [4.78, 5) is 0. The molecule has 0 aliphatic rings. The highest BCUT2D eigenvalue weighted by atomic mass is 16.7. The maximum Gasteiger partial charge on any atom is 0.183 e. The van der Waals surface area contributed by atoms with Gasteiger partial charge >= 0.3 is 0 Å². The van der Waals surface area contributed by atoms with Crippen LogP contribution in [0.5, 0.6) is 0 Å². The van der Waals surface area contributed by atoms with Crippen LogP contribution in [-0.4, -0.2) is 19.3 Å². The average Bonchev–Trinajstić information content (AvgIpc) is 2.39. The number of fused-ring (bicyclic) bond motifs is 1. The van der Waals surface area contributed by atoms with Crippen LogP contribution < -0.4 is 0 Å². The Kier molecular flexibility index (Phi) is 3.74. The molecule has 0 aromatic heterocycles. The van der Waals surface area contributed by atoms with E-state index in [2.05, 4.69) is 0 Å². The first-order valence-electron chi connectivity index (χ1n) is 5.48. The number of ether oxygens (including phenoxy) is 2. The van der Waals surface area contributed by atoms with Gasteiger partial charge in [-0.05, 0) is 16.3 Å². The van der Waals surface area contributed by atoms with Gasteiger partial charge in [0.1, 0.15) is 0 Å². The molecular formula is C14H16O3. The number of benzene rings is 2. The highest BCUT2D eigenvalue weighted by Gasteiger charge is 2.15. The van der Waals surface area contributed by atoms with E-state index in [1.54, 1.807) is 14.2 Å². The maximum atomic E-state index is 9.55. The first-order chi connectivity index (χ1) is 8.31. The van der Waals surface area contributed by atoms with Gasteiger partial charge in [-0.25, -0.2) is 0 Å². The van der Waals surface area contributed by atoms with Crippen molar-refractivity contribution in [2.75, 3.05) is 14.2 Å². The quantitative estimate of drug-likeness (QED) is 0.823. The molecule has 0 spiro atoms. The Morgan fingerprint density at radius 2 is 1.76 bits per heavy atom. The van der Waals surface area contributed by atoms with Crippen molar-refractivity contribution in [2.45, 2.75) is 12.9 Å². The third kappa shape index (κ3) is 2.17. The van der Waals surface area contributed by atoms with Crippen LogP contribution >= 0.6 is 0 Å². The fourth-order valence-corrected chi connectivity index (χ4v) is 2.10. The third-order valence-corrected chi connectivity index (χ3v) is 2.92. The van der Waals surface area contributed by atoms with Gasteiger partial charge in [0.05, 0.1) is 6.61 Å². The van der Waals surface area contributed by atoms with Crippen LogP contribution in [0.15, 0.2) is 36.4 Å². The minimum Gasteiger partial charge on any atom is -0.392 e. The van der Waals surface area contributed by atoms with E-state index >= 15 is 0 Å². The predicted octanol–water partition coefficient (Wildman–Crippen LogP) is 2.62. The van der Waals surface area contributed by atoms with Crippen LogP contribution in [0.3, 0.4) is 0 Å². The van der Waals surface area contributed by atoms with E-state index < -0.39 is 6.29 Å². The molecule has 90 valence electrons. The molecule has 1 N–H and O–H groups in total. The second kappa shape index (κ2) is 5.27. The predicted molar refractivity (Wildman–Crippen MR) is 66.6 cm³/mol. The second-order valence-electron chi connectivity index (χ2n) is 3.82. The molecule has 0 aliphatic carbocycles. The van der Waals surface area contributed by atoms with Gasteiger partial charge in [-0.1, -0.05) is 36.4 Å². The van der Waals surface area contributed by atoms with Crippen molar-refractivity contribution in [1.29, 1.82) is 0 Å². The molecule has 2 rings (SSSR count). The van der Waals surface area contributed by atoms with E-state index in [-0.39, 0.29) is 6.61 Å². The van der Waals surface area contributed by atoms with Gasteiger partial charge in [-0.3, -0.25) is 0 Å². The van der Waals surface area contributed by atoms with Crippen LogP contribution in [0.4, 0.5) is 0 Å². The van der Waals surface area contributed by atoms with Crippen molar-refractivity contribution < 1.29 is 14.6 Å². The Bertz CT molecular complexity index is 504. The molecule has 0 bridgehead atoms. The largest absolute Gasteiger partial charge is 0.392 e. The summed E-state index contributed by atoms with van der Waals surface area (Å²) in [5, 5.41) is 11.7. The number of aliphatic hydroxyl groups excluding tert-OH is 1. The smallest absolute Gasteiger partial charge is 0.183 e. The summed E-state index contributed by atoms with van der Waals surface area (Å²) in [7, 11) is 3.18. The van der Waals surface area contributed by atoms with Gasteiger partial charge in [0.15, 0.2) is 6.29 Å². The normalized spacial score (nSPS) is 11.3. The average molecular weight is 232 g/mol. The Hall–Kier alpha value is -1.42. The van der Waals surface area contributed by atoms with Crippen molar-refractivity contribution in [1.82, 2.24) is 0 Å². The highest BCUT2D eigenvalue weighted by molar-refractivity contribution is 5.86. The molecule has 0 atom stereocenters. The third-order valence-electron chi connectivity index (χ3n) is 2.92. The van der Waals surface area contributed by atoms with Gasteiger partial charge in [0.25, 0.3) is 0 Å².